The Morgan fingerprint density at radius 2 is 2.17 bits per heavy atom. The standard InChI is InChI=1S/C18H19N3O3/c1-10-19-16-15(18(23)20-10)9-14(13-5-8-24-17(13)16)12-3-6-21(7-4-12)11(2)22/h3,9H,4-8H2,1-2H3,(H,19,20,23). The summed E-state index contributed by atoms with van der Waals surface area (Å²) in [5.74, 6) is 1.37. The van der Waals surface area contributed by atoms with Gasteiger partial charge in [-0.15, -0.1) is 0 Å². The first kappa shape index (κ1) is 14.9. The highest BCUT2D eigenvalue weighted by Crippen LogP contribution is 2.41. The molecule has 124 valence electrons. The van der Waals surface area contributed by atoms with Crippen LogP contribution in [0.4, 0.5) is 0 Å². The zero-order valence-electron chi connectivity index (χ0n) is 13.8. The second kappa shape index (κ2) is 5.47. The molecule has 6 nitrogen and oxygen atoms in total. The van der Waals surface area contributed by atoms with Crippen molar-refractivity contribution in [1.29, 1.82) is 0 Å². The minimum atomic E-state index is -0.0150. The normalized spacial score (nSPS) is 16.8. The molecule has 0 saturated carbocycles. The van der Waals surface area contributed by atoms with Crippen LogP contribution < -0.4 is 4.74 Å². The van der Waals surface area contributed by atoms with Gasteiger partial charge >= 0.3 is 0 Å². The van der Waals surface area contributed by atoms with E-state index in [2.05, 4.69) is 16.0 Å². The number of fused-ring (bicyclic) bond motifs is 3. The quantitative estimate of drug-likeness (QED) is 0.870. The van der Waals surface area contributed by atoms with Crippen molar-refractivity contribution in [3.05, 3.63) is 29.1 Å². The van der Waals surface area contributed by atoms with Crippen LogP contribution in [0.3, 0.4) is 0 Å². The minimum Gasteiger partial charge on any atom is -0.493 e. The highest BCUT2D eigenvalue weighted by atomic mass is 16.5. The Labute approximate surface area is 139 Å². The van der Waals surface area contributed by atoms with Gasteiger partial charge in [-0.1, -0.05) is 6.08 Å². The number of aromatic hydroxyl groups is 1. The maximum atomic E-state index is 11.5. The third-order valence-electron chi connectivity index (χ3n) is 4.74. The molecule has 1 amide bonds. The predicted octanol–water partition coefficient (Wildman–Crippen LogP) is 2.21. The average molecular weight is 325 g/mol. The van der Waals surface area contributed by atoms with Crippen molar-refractivity contribution < 1.29 is 14.6 Å². The van der Waals surface area contributed by atoms with Crippen molar-refractivity contribution in [1.82, 2.24) is 14.9 Å². The van der Waals surface area contributed by atoms with Gasteiger partial charge in [0.15, 0.2) is 0 Å². The van der Waals surface area contributed by atoms with Crippen LogP contribution in [0, 0.1) is 6.92 Å². The van der Waals surface area contributed by atoms with Crippen molar-refractivity contribution in [2.24, 2.45) is 0 Å². The molecule has 0 fully saturated rings. The highest BCUT2D eigenvalue weighted by Gasteiger charge is 2.26. The largest absolute Gasteiger partial charge is 0.493 e. The lowest BCUT2D eigenvalue weighted by atomic mass is 9.92. The van der Waals surface area contributed by atoms with Gasteiger partial charge < -0.3 is 14.7 Å². The molecule has 2 aliphatic heterocycles. The van der Waals surface area contributed by atoms with Crippen LogP contribution in [-0.2, 0) is 11.2 Å². The van der Waals surface area contributed by atoms with Gasteiger partial charge in [-0.25, -0.2) is 4.98 Å². The fourth-order valence-electron chi connectivity index (χ4n) is 3.51. The van der Waals surface area contributed by atoms with E-state index in [4.69, 9.17) is 4.74 Å². The van der Waals surface area contributed by atoms with E-state index < -0.39 is 0 Å². The number of benzene rings is 1. The molecule has 2 aliphatic rings. The first-order chi connectivity index (χ1) is 11.5. The van der Waals surface area contributed by atoms with E-state index in [1.54, 1.807) is 13.8 Å². The highest BCUT2D eigenvalue weighted by molar-refractivity contribution is 5.94. The zero-order valence-corrected chi connectivity index (χ0v) is 13.8. The number of carbonyl (C=O) groups is 1. The van der Waals surface area contributed by atoms with Crippen molar-refractivity contribution in [3.63, 3.8) is 0 Å². The molecule has 0 aliphatic carbocycles. The van der Waals surface area contributed by atoms with E-state index in [1.807, 2.05) is 11.0 Å². The molecule has 2 aromatic rings. The van der Waals surface area contributed by atoms with Crippen molar-refractivity contribution >= 4 is 22.4 Å². The number of hydrogen-bond donors (Lipinski definition) is 1. The summed E-state index contributed by atoms with van der Waals surface area (Å²) in [6.07, 6.45) is 3.72. The maximum absolute atomic E-state index is 11.5. The average Bonchev–Trinajstić information content (AvgIpc) is 3.04. The first-order valence-corrected chi connectivity index (χ1v) is 8.15. The van der Waals surface area contributed by atoms with Gasteiger partial charge in [0.2, 0.25) is 11.8 Å². The number of ether oxygens (including phenoxy) is 1. The molecule has 0 radical (unpaired) electrons. The second-order valence-electron chi connectivity index (χ2n) is 6.27. The number of amides is 1. The van der Waals surface area contributed by atoms with Crippen LogP contribution in [0.15, 0.2) is 12.1 Å². The van der Waals surface area contributed by atoms with Gasteiger partial charge in [0.1, 0.15) is 17.1 Å². The summed E-state index contributed by atoms with van der Waals surface area (Å²) in [7, 11) is 0. The van der Waals surface area contributed by atoms with Gasteiger partial charge in [-0.05, 0) is 30.5 Å². The van der Waals surface area contributed by atoms with E-state index in [1.165, 1.54) is 5.57 Å². The molecule has 4 rings (SSSR count). The predicted molar refractivity (Wildman–Crippen MR) is 90.0 cm³/mol. The Kier molecular flexibility index (Phi) is 3.40. The SMILES string of the molecule is CC(=O)N1CC=C(c2cc3c(O)nc(C)nc3c3c2CCO3)CC1. The van der Waals surface area contributed by atoms with E-state index in [-0.39, 0.29) is 11.8 Å². The second-order valence-corrected chi connectivity index (χ2v) is 6.27. The molecule has 1 aromatic heterocycles. The van der Waals surface area contributed by atoms with E-state index in [0.717, 1.165) is 29.7 Å². The Hall–Kier alpha value is -2.63. The Morgan fingerprint density at radius 3 is 2.88 bits per heavy atom. The summed E-state index contributed by atoms with van der Waals surface area (Å²) in [5, 5.41) is 10.9. The molecule has 24 heavy (non-hydrogen) atoms. The van der Waals surface area contributed by atoms with Crippen LogP contribution in [0.1, 0.15) is 30.3 Å². The Bertz CT molecular complexity index is 889. The van der Waals surface area contributed by atoms with Crippen molar-refractivity contribution in [3.8, 4) is 11.6 Å². The fourth-order valence-corrected chi connectivity index (χ4v) is 3.51. The number of rotatable bonds is 1. The van der Waals surface area contributed by atoms with Gasteiger partial charge in [-0.2, -0.15) is 4.98 Å². The molecule has 0 spiro atoms. The number of aromatic nitrogens is 2. The maximum Gasteiger partial charge on any atom is 0.222 e. The molecule has 3 heterocycles. The van der Waals surface area contributed by atoms with Crippen molar-refractivity contribution in [2.45, 2.75) is 26.7 Å². The molecule has 1 aromatic carbocycles. The van der Waals surface area contributed by atoms with Crippen LogP contribution in [-0.4, -0.2) is 45.6 Å². The Morgan fingerprint density at radius 1 is 1.33 bits per heavy atom. The van der Waals surface area contributed by atoms with E-state index in [0.29, 0.717) is 36.4 Å². The smallest absolute Gasteiger partial charge is 0.222 e. The fraction of sp³-hybridized carbons (Fsp3) is 0.389. The first-order valence-electron chi connectivity index (χ1n) is 8.15. The summed E-state index contributed by atoms with van der Waals surface area (Å²) in [5.41, 5.74) is 4.10. The third-order valence-corrected chi connectivity index (χ3v) is 4.74. The molecule has 0 bridgehead atoms. The molecular formula is C18H19N3O3. The summed E-state index contributed by atoms with van der Waals surface area (Å²) in [6, 6.07) is 1.97. The lowest BCUT2D eigenvalue weighted by Gasteiger charge is -2.26. The van der Waals surface area contributed by atoms with Gasteiger partial charge in [0, 0.05) is 32.0 Å². The van der Waals surface area contributed by atoms with Crippen LogP contribution in [0.2, 0.25) is 0 Å². The third kappa shape index (κ3) is 2.29. The summed E-state index contributed by atoms with van der Waals surface area (Å²) >= 11 is 0. The van der Waals surface area contributed by atoms with Crippen molar-refractivity contribution in [2.75, 3.05) is 19.7 Å². The van der Waals surface area contributed by atoms with E-state index >= 15 is 0 Å². The summed E-state index contributed by atoms with van der Waals surface area (Å²) in [6.45, 7) is 5.31. The molecular weight excluding hydrogens is 306 g/mol. The number of nitrogens with zero attached hydrogens (tertiary/aromatic N) is 3. The lowest BCUT2D eigenvalue weighted by molar-refractivity contribution is -0.128. The number of aryl methyl sites for hydroxylation is 1. The number of hydrogen-bond acceptors (Lipinski definition) is 5. The number of carbonyl (C=O) groups excluding carboxylic acids is 1. The monoisotopic (exact) mass is 325 g/mol. The van der Waals surface area contributed by atoms with Gasteiger partial charge in [0.25, 0.3) is 0 Å². The molecule has 0 saturated heterocycles. The molecule has 1 N–H and O–H groups in total. The summed E-state index contributed by atoms with van der Waals surface area (Å²) in [4.78, 5) is 21.9. The Balaban J connectivity index is 1.87. The zero-order chi connectivity index (χ0) is 16.8. The van der Waals surface area contributed by atoms with Crippen LogP contribution in [0.5, 0.6) is 11.6 Å². The van der Waals surface area contributed by atoms with Gasteiger partial charge in [-0.3, -0.25) is 4.79 Å². The van der Waals surface area contributed by atoms with Crippen LogP contribution >= 0.6 is 0 Å². The molecule has 0 atom stereocenters. The topological polar surface area (TPSA) is 75.6 Å². The van der Waals surface area contributed by atoms with Crippen LogP contribution in [0.25, 0.3) is 16.5 Å². The van der Waals surface area contributed by atoms with Gasteiger partial charge in [0.05, 0.1) is 12.0 Å². The summed E-state index contributed by atoms with van der Waals surface area (Å²) < 4.78 is 5.82. The molecule has 0 unspecified atom stereocenters. The lowest BCUT2D eigenvalue weighted by Crippen LogP contribution is -2.32. The van der Waals surface area contributed by atoms with E-state index in [9.17, 15) is 9.90 Å². The minimum absolute atomic E-state index is 0.0150. The molecule has 6 heteroatoms.